The smallest absolute Gasteiger partial charge is 0.264 e. The third-order valence-corrected chi connectivity index (χ3v) is 12.9. The van der Waals surface area contributed by atoms with Gasteiger partial charge in [0.1, 0.15) is 17.2 Å². The van der Waals surface area contributed by atoms with Crippen LogP contribution >= 0.6 is 0 Å². The maximum atomic E-state index is 15.6. The molecule has 3 heterocycles. The molecule has 14 nitrogen and oxygen atoms in total. The molecule has 5 aromatic carbocycles. The molecule has 0 aliphatic carbocycles. The van der Waals surface area contributed by atoms with E-state index in [-0.39, 0.29) is 42.7 Å². The fourth-order valence-electron chi connectivity index (χ4n) is 9.52. The number of aromatic nitrogens is 3. The molecule has 3 amide bonds. The number of fused-ring (bicyclic) bond motifs is 2. The van der Waals surface area contributed by atoms with Crippen LogP contribution in [0.2, 0.25) is 0 Å². The summed E-state index contributed by atoms with van der Waals surface area (Å²) in [4.78, 5) is 44.0. The van der Waals surface area contributed by atoms with Gasteiger partial charge in [0.25, 0.3) is 17.7 Å². The number of nitrogens with one attached hydrogen (secondary N) is 2. The first-order valence-corrected chi connectivity index (χ1v) is 21.7. The van der Waals surface area contributed by atoms with E-state index in [9.17, 15) is 14.7 Å². The van der Waals surface area contributed by atoms with Crippen LogP contribution in [0.4, 0.5) is 17.1 Å². The van der Waals surface area contributed by atoms with Crippen LogP contribution in [0.1, 0.15) is 70.3 Å². The number of ether oxygens (including phenoxy) is 4. The normalized spacial score (nSPS) is 19.0. The quantitative estimate of drug-likeness (QED) is 0.0874. The lowest BCUT2D eigenvalue weighted by molar-refractivity contribution is -0.146. The van der Waals surface area contributed by atoms with E-state index in [4.69, 9.17) is 18.9 Å². The summed E-state index contributed by atoms with van der Waals surface area (Å²) in [5, 5.41) is 24.1. The molecule has 65 heavy (non-hydrogen) atoms. The molecule has 6 aromatic rings. The van der Waals surface area contributed by atoms with E-state index in [0.29, 0.717) is 70.3 Å². The van der Waals surface area contributed by atoms with Crippen molar-refractivity contribution in [3.05, 3.63) is 155 Å². The molecule has 8 rings (SSSR count). The first-order valence-electron chi connectivity index (χ1n) is 21.7. The minimum atomic E-state index is -1.44. The summed E-state index contributed by atoms with van der Waals surface area (Å²) >= 11 is 0. The summed E-state index contributed by atoms with van der Waals surface area (Å²) in [5.74, 6) is 0.686. The highest BCUT2D eigenvalue weighted by molar-refractivity contribution is 6.09. The molecule has 0 radical (unpaired) electrons. The van der Waals surface area contributed by atoms with Crippen LogP contribution in [0.5, 0.6) is 17.2 Å². The van der Waals surface area contributed by atoms with Gasteiger partial charge < -0.3 is 39.6 Å². The number of aryl methyl sites for hydroxylation is 1. The van der Waals surface area contributed by atoms with Gasteiger partial charge in [0.05, 0.1) is 45.4 Å². The third-order valence-electron chi connectivity index (χ3n) is 12.9. The van der Waals surface area contributed by atoms with Gasteiger partial charge in [-0.3, -0.25) is 19.1 Å². The van der Waals surface area contributed by atoms with Crippen molar-refractivity contribution in [2.45, 2.75) is 63.8 Å². The topological polar surface area (TPSA) is 166 Å². The number of methoxy groups -OCH3 is 3. The number of rotatable bonds is 16. The molecule has 2 aliphatic rings. The zero-order valence-electron chi connectivity index (χ0n) is 37.4. The summed E-state index contributed by atoms with van der Waals surface area (Å²) in [5.41, 5.74) is 4.03. The molecule has 4 atom stereocenters. The number of aliphatic hydroxyl groups is 1. The Labute approximate surface area is 378 Å². The Morgan fingerprint density at radius 3 is 1.91 bits per heavy atom. The van der Waals surface area contributed by atoms with Gasteiger partial charge in [0.2, 0.25) is 0 Å². The van der Waals surface area contributed by atoms with Crippen molar-refractivity contribution in [2.75, 3.05) is 43.5 Å². The number of carbonyl (C=O) groups is 3. The van der Waals surface area contributed by atoms with E-state index in [1.165, 1.54) is 0 Å². The Morgan fingerprint density at radius 2 is 1.34 bits per heavy atom. The number of hydrogen-bond donors (Lipinski definition) is 3. The minimum absolute atomic E-state index is 0.0333. The lowest BCUT2D eigenvalue weighted by Crippen LogP contribution is -2.45. The highest BCUT2D eigenvalue weighted by Crippen LogP contribution is 2.60. The Bertz CT molecular complexity index is 2650. The molecule has 1 spiro atoms. The Kier molecular flexibility index (Phi) is 12.8. The molecule has 1 fully saturated rings. The van der Waals surface area contributed by atoms with Crippen LogP contribution in [0.25, 0.3) is 0 Å². The summed E-state index contributed by atoms with van der Waals surface area (Å²) in [6.07, 6.45) is 2.31. The molecule has 2 aliphatic heterocycles. The second kappa shape index (κ2) is 18.6. The largest absolute Gasteiger partial charge is 0.497 e. The van der Waals surface area contributed by atoms with Crippen molar-refractivity contribution in [1.29, 1.82) is 0 Å². The van der Waals surface area contributed by atoms with Crippen molar-refractivity contribution in [3.8, 4) is 17.2 Å². The second-order valence-electron chi connectivity index (χ2n) is 17.1. The molecule has 1 aromatic heterocycles. The monoisotopic (exact) mass is 878 g/mol. The van der Waals surface area contributed by atoms with Gasteiger partial charge in [-0.25, -0.2) is 0 Å². The van der Waals surface area contributed by atoms with Crippen molar-refractivity contribution in [1.82, 2.24) is 15.0 Å². The van der Waals surface area contributed by atoms with Crippen LogP contribution in [0.3, 0.4) is 0 Å². The lowest BCUT2D eigenvalue weighted by atomic mass is 9.63. The van der Waals surface area contributed by atoms with Crippen LogP contribution in [-0.4, -0.2) is 71.9 Å². The second-order valence-corrected chi connectivity index (χ2v) is 17.1. The molecule has 0 unspecified atom stereocenters. The van der Waals surface area contributed by atoms with Gasteiger partial charge in [-0.2, -0.15) is 0 Å². The van der Waals surface area contributed by atoms with Crippen molar-refractivity contribution >= 4 is 34.8 Å². The van der Waals surface area contributed by atoms with E-state index in [1.807, 2.05) is 60.8 Å². The van der Waals surface area contributed by atoms with Crippen LogP contribution < -0.4 is 29.7 Å². The molecular weight excluding hydrogens is 825 g/mol. The average Bonchev–Trinajstić information content (AvgIpc) is 3.98. The number of aliphatic hydroxyl groups excluding tert-OH is 1. The van der Waals surface area contributed by atoms with E-state index >= 15 is 4.79 Å². The maximum Gasteiger partial charge on any atom is 0.264 e. The zero-order valence-corrected chi connectivity index (χ0v) is 37.4. The van der Waals surface area contributed by atoms with Crippen molar-refractivity contribution in [3.63, 3.8) is 0 Å². The molecule has 0 bridgehead atoms. The molecule has 1 saturated heterocycles. The first kappa shape index (κ1) is 44.6. The molecule has 0 saturated carbocycles. The SMILES string of the molecule is COc1ccc(C(=O)Nc2ccc(CN3C(=O)[C@@]4(O[C@@H](CCn5cc(CCO)nn5)[C@H](C(C)(C)c5ccc(OC)cc5)[C@H]4C)c4cc(NC(=O)c5ccc(OC)cc5)ccc43)cc2)cc1. The van der Waals surface area contributed by atoms with E-state index in [2.05, 4.69) is 53.8 Å². The number of benzene rings is 5. The predicted octanol–water partition coefficient (Wildman–Crippen LogP) is 7.80. The fourth-order valence-corrected chi connectivity index (χ4v) is 9.52. The fraction of sp³-hybridized carbons (Fsp3) is 0.314. The van der Waals surface area contributed by atoms with E-state index in [0.717, 1.165) is 16.9 Å². The first-order chi connectivity index (χ1) is 31.4. The van der Waals surface area contributed by atoms with Gasteiger partial charge in [-0.1, -0.05) is 50.3 Å². The van der Waals surface area contributed by atoms with Crippen LogP contribution in [0, 0.1) is 11.8 Å². The summed E-state index contributed by atoms with van der Waals surface area (Å²) in [6.45, 7) is 7.13. The molecular formula is C51H54N6O8. The van der Waals surface area contributed by atoms with Gasteiger partial charge >= 0.3 is 0 Å². The minimum Gasteiger partial charge on any atom is -0.497 e. The standard InChI is InChI=1S/C51H54N6O8/c1-32-46(50(2,3)36-13-22-42(64-6)23-14-36)45(25-27-56-31-39(26-28-58)54-55-56)65-51(32)43-29-38(53-48(60)35-11-20-41(63-5)21-12-35)17-24-44(43)57(49(51)61)30-33-7-15-37(16-8-33)52-47(59)34-9-18-40(62-4)19-10-34/h7-24,29,31-32,45-46,58H,25-28,30H2,1-6H3,(H,52,59)(H,53,60)/t32-,45+,46-,51+/m1/s1. The number of carbonyl (C=O) groups excluding carboxylic acids is 3. The number of anilines is 3. The molecule has 14 heteroatoms. The summed E-state index contributed by atoms with van der Waals surface area (Å²) < 4.78 is 25.2. The predicted molar refractivity (Wildman–Crippen MR) is 247 cm³/mol. The highest BCUT2D eigenvalue weighted by Gasteiger charge is 2.66. The summed E-state index contributed by atoms with van der Waals surface area (Å²) in [7, 11) is 4.79. The summed E-state index contributed by atoms with van der Waals surface area (Å²) in [6, 6.07) is 34.8. The molecule has 336 valence electrons. The van der Waals surface area contributed by atoms with Crippen molar-refractivity contribution in [2.24, 2.45) is 11.8 Å². The Balaban J connectivity index is 1.15. The van der Waals surface area contributed by atoms with Gasteiger partial charge in [-0.15, -0.1) is 5.10 Å². The zero-order chi connectivity index (χ0) is 45.9. The Morgan fingerprint density at radius 1 is 0.785 bits per heavy atom. The number of nitrogens with zero attached hydrogens (tertiary/aromatic N) is 4. The van der Waals surface area contributed by atoms with Crippen LogP contribution in [-0.2, 0) is 40.1 Å². The molecule has 3 N–H and O–H groups in total. The highest BCUT2D eigenvalue weighted by atomic mass is 16.5. The number of hydrogen-bond acceptors (Lipinski definition) is 10. The van der Waals surface area contributed by atoms with Gasteiger partial charge in [-0.05, 0) is 114 Å². The maximum absolute atomic E-state index is 15.6. The number of amides is 3. The third kappa shape index (κ3) is 8.79. The van der Waals surface area contributed by atoms with Gasteiger partial charge in [0, 0.05) is 65.7 Å². The van der Waals surface area contributed by atoms with Crippen LogP contribution in [0.15, 0.2) is 121 Å². The Hall–Kier alpha value is -7.03. The van der Waals surface area contributed by atoms with Gasteiger partial charge in [0.15, 0.2) is 5.60 Å². The van der Waals surface area contributed by atoms with E-state index < -0.39 is 17.1 Å². The average molecular weight is 879 g/mol. The van der Waals surface area contributed by atoms with E-state index in [1.54, 1.807) is 79.4 Å². The lowest BCUT2D eigenvalue weighted by Gasteiger charge is -2.38. The van der Waals surface area contributed by atoms with Crippen molar-refractivity contribution < 1.29 is 38.4 Å².